The van der Waals surface area contributed by atoms with Gasteiger partial charge in [0, 0.05) is 10.6 Å². The van der Waals surface area contributed by atoms with Gasteiger partial charge < -0.3 is 9.64 Å². The molecule has 1 aromatic carbocycles. The monoisotopic (exact) mass is 314 g/mol. The van der Waals surface area contributed by atoms with Crippen LogP contribution in [0.5, 0.6) is 0 Å². The first-order valence-electron chi connectivity index (χ1n) is 7.04. The fourth-order valence-electron chi connectivity index (χ4n) is 2.53. The SMILES string of the molecule is C[C@H]1CO[C@H](c2ccccc2Cl)CN1c1cnc(C#N)cn1. The quantitative estimate of drug-likeness (QED) is 0.852. The highest BCUT2D eigenvalue weighted by Gasteiger charge is 2.29. The Labute approximate surface area is 134 Å². The second-order valence-corrected chi connectivity index (χ2v) is 5.62. The molecule has 1 aromatic heterocycles. The zero-order chi connectivity index (χ0) is 15.5. The molecule has 0 unspecified atom stereocenters. The van der Waals surface area contributed by atoms with Crippen LogP contribution in [0.15, 0.2) is 36.7 Å². The van der Waals surface area contributed by atoms with E-state index in [9.17, 15) is 0 Å². The predicted molar refractivity (Wildman–Crippen MR) is 83.7 cm³/mol. The highest BCUT2D eigenvalue weighted by atomic mass is 35.5. The van der Waals surface area contributed by atoms with Gasteiger partial charge in [-0.1, -0.05) is 29.8 Å². The maximum Gasteiger partial charge on any atom is 0.158 e. The number of aromatic nitrogens is 2. The van der Waals surface area contributed by atoms with Crippen LogP contribution >= 0.6 is 11.6 Å². The van der Waals surface area contributed by atoms with Gasteiger partial charge in [-0.25, -0.2) is 9.97 Å². The number of hydrogen-bond acceptors (Lipinski definition) is 5. The average Bonchev–Trinajstić information content (AvgIpc) is 2.56. The van der Waals surface area contributed by atoms with Crippen molar-refractivity contribution in [2.24, 2.45) is 0 Å². The van der Waals surface area contributed by atoms with Crippen LogP contribution < -0.4 is 4.90 Å². The van der Waals surface area contributed by atoms with Crippen LogP contribution in [0.3, 0.4) is 0 Å². The van der Waals surface area contributed by atoms with Gasteiger partial charge >= 0.3 is 0 Å². The normalized spacial score (nSPS) is 21.4. The summed E-state index contributed by atoms with van der Waals surface area (Å²) in [5.41, 5.74) is 1.29. The van der Waals surface area contributed by atoms with Gasteiger partial charge in [0.15, 0.2) is 5.69 Å². The first-order valence-corrected chi connectivity index (χ1v) is 7.41. The number of benzene rings is 1. The summed E-state index contributed by atoms with van der Waals surface area (Å²) in [5.74, 6) is 0.742. The smallest absolute Gasteiger partial charge is 0.158 e. The van der Waals surface area contributed by atoms with E-state index in [0.717, 1.165) is 11.4 Å². The number of anilines is 1. The molecule has 5 nitrogen and oxygen atoms in total. The van der Waals surface area contributed by atoms with Crippen LogP contribution in [-0.4, -0.2) is 29.2 Å². The van der Waals surface area contributed by atoms with Gasteiger partial charge in [-0.05, 0) is 13.0 Å². The van der Waals surface area contributed by atoms with Gasteiger partial charge in [-0.3, -0.25) is 0 Å². The van der Waals surface area contributed by atoms with Crippen LogP contribution in [-0.2, 0) is 4.74 Å². The Bertz CT molecular complexity index is 698. The predicted octanol–water partition coefficient (Wildman–Crippen LogP) is 2.97. The summed E-state index contributed by atoms with van der Waals surface area (Å²) in [5, 5.41) is 9.51. The van der Waals surface area contributed by atoms with Crippen molar-refractivity contribution >= 4 is 17.4 Å². The van der Waals surface area contributed by atoms with E-state index in [-0.39, 0.29) is 12.1 Å². The minimum atomic E-state index is -0.109. The van der Waals surface area contributed by atoms with Gasteiger partial charge in [0.2, 0.25) is 0 Å². The third kappa shape index (κ3) is 2.89. The van der Waals surface area contributed by atoms with E-state index >= 15 is 0 Å². The topological polar surface area (TPSA) is 62.0 Å². The second-order valence-electron chi connectivity index (χ2n) is 5.22. The van der Waals surface area contributed by atoms with Gasteiger partial charge in [0.25, 0.3) is 0 Å². The summed E-state index contributed by atoms with van der Waals surface area (Å²) < 4.78 is 5.93. The molecule has 0 amide bonds. The summed E-state index contributed by atoms with van der Waals surface area (Å²) >= 11 is 6.26. The van der Waals surface area contributed by atoms with E-state index in [4.69, 9.17) is 21.6 Å². The Morgan fingerprint density at radius 3 is 2.82 bits per heavy atom. The van der Waals surface area contributed by atoms with Gasteiger partial charge in [0.1, 0.15) is 18.0 Å². The van der Waals surface area contributed by atoms with E-state index in [1.54, 1.807) is 6.20 Å². The zero-order valence-corrected chi connectivity index (χ0v) is 12.9. The Hall–Kier alpha value is -2.16. The lowest BCUT2D eigenvalue weighted by Crippen LogP contribution is -2.45. The van der Waals surface area contributed by atoms with E-state index < -0.39 is 0 Å². The van der Waals surface area contributed by atoms with Crippen LogP contribution in [0.25, 0.3) is 0 Å². The van der Waals surface area contributed by atoms with Crippen LogP contribution in [0.4, 0.5) is 5.82 Å². The highest BCUT2D eigenvalue weighted by Crippen LogP contribution is 2.31. The standard InChI is InChI=1S/C16H15ClN4O/c1-11-10-22-15(13-4-2-3-5-14(13)17)9-21(11)16-8-19-12(6-18)7-20-16/h2-5,7-8,11,15H,9-10H2,1H3/t11-,15-/m0/s1. The molecule has 3 rings (SSSR count). The van der Waals surface area contributed by atoms with Crippen LogP contribution in [0, 0.1) is 11.3 Å². The largest absolute Gasteiger partial charge is 0.369 e. The van der Waals surface area contributed by atoms with E-state index in [0.29, 0.717) is 23.9 Å². The summed E-state index contributed by atoms with van der Waals surface area (Å²) in [7, 11) is 0. The summed E-state index contributed by atoms with van der Waals surface area (Å²) in [6.45, 7) is 3.30. The number of nitriles is 1. The van der Waals surface area contributed by atoms with Crippen LogP contribution in [0.1, 0.15) is 24.3 Å². The zero-order valence-electron chi connectivity index (χ0n) is 12.1. The maximum absolute atomic E-state index is 8.81. The molecular formula is C16H15ClN4O. The molecule has 112 valence electrons. The molecule has 1 fully saturated rings. The van der Waals surface area contributed by atoms with E-state index in [2.05, 4.69) is 21.8 Å². The molecule has 0 bridgehead atoms. The number of hydrogen-bond donors (Lipinski definition) is 0. The molecule has 0 radical (unpaired) electrons. The summed E-state index contributed by atoms with van der Waals surface area (Å²) in [4.78, 5) is 10.5. The van der Waals surface area contributed by atoms with Crippen molar-refractivity contribution in [2.75, 3.05) is 18.1 Å². The summed E-state index contributed by atoms with van der Waals surface area (Å²) in [6, 6.07) is 9.86. The molecule has 1 saturated heterocycles. The molecule has 0 N–H and O–H groups in total. The summed E-state index contributed by atoms with van der Waals surface area (Å²) in [6.07, 6.45) is 3.01. The maximum atomic E-state index is 8.81. The molecule has 1 aliphatic heterocycles. The lowest BCUT2D eigenvalue weighted by Gasteiger charge is -2.39. The van der Waals surface area contributed by atoms with Gasteiger partial charge in [-0.15, -0.1) is 0 Å². The molecule has 0 saturated carbocycles. The van der Waals surface area contributed by atoms with Crippen LogP contribution in [0.2, 0.25) is 5.02 Å². The Morgan fingerprint density at radius 1 is 1.32 bits per heavy atom. The average molecular weight is 315 g/mol. The highest BCUT2D eigenvalue weighted by molar-refractivity contribution is 6.31. The van der Waals surface area contributed by atoms with Gasteiger partial charge in [-0.2, -0.15) is 5.26 Å². The van der Waals surface area contributed by atoms with E-state index in [1.165, 1.54) is 6.20 Å². The number of morpholine rings is 1. The lowest BCUT2D eigenvalue weighted by atomic mass is 10.1. The molecule has 1 aliphatic rings. The van der Waals surface area contributed by atoms with Crippen molar-refractivity contribution < 1.29 is 4.74 Å². The molecule has 0 aliphatic carbocycles. The van der Waals surface area contributed by atoms with Crippen molar-refractivity contribution in [2.45, 2.75) is 19.1 Å². The fraction of sp³-hybridized carbons (Fsp3) is 0.312. The van der Waals surface area contributed by atoms with Crippen molar-refractivity contribution in [1.82, 2.24) is 9.97 Å². The molecule has 2 atom stereocenters. The lowest BCUT2D eigenvalue weighted by molar-refractivity contribution is 0.0213. The molecular weight excluding hydrogens is 300 g/mol. The first kappa shape index (κ1) is 14.8. The molecule has 2 aromatic rings. The Kier molecular flexibility index (Phi) is 4.23. The van der Waals surface area contributed by atoms with Gasteiger partial charge in [0.05, 0.1) is 31.6 Å². The molecule has 6 heteroatoms. The second kappa shape index (κ2) is 6.30. The number of ether oxygens (including phenoxy) is 1. The minimum Gasteiger partial charge on any atom is -0.369 e. The number of halogens is 1. The van der Waals surface area contributed by atoms with Crippen molar-refractivity contribution in [1.29, 1.82) is 5.26 Å². The molecule has 2 heterocycles. The number of rotatable bonds is 2. The molecule has 0 spiro atoms. The molecule has 22 heavy (non-hydrogen) atoms. The third-order valence-electron chi connectivity index (χ3n) is 3.73. The Balaban J connectivity index is 1.85. The van der Waals surface area contributed by atoms with Crippen molar-refractivity contribution in [3.05, 3.63) is 52.9 Å². The first-order chi connectivity index (χ1) is 10.7. The van der Waals surface area contributed by atoms with Crippen molar-refractivity contribution in [3.8, 4) is 6.07 Å². The Morgan fingerprint density at radius 2 is 2.14 bits per heavy atom. The fourth-order valence-corrected chi connectivity index (χ4v) is 2.79. The minimum absolute atomic E-state index is 0.109. The third-order valence-corrected chi connectivity index (χ3v) is 4.08. The van der Waals surface area contributed by atoms with E-state index in [1.807, 2.05) is 30.3 Å². The van der Waals surface area contributed by atoms with Crippen molar-refractivity contribution in [3.63, 3.8) is 0 Å². The number of nitrogens with zero attached hydrogens (tertiary/aromatic N) is 4.